The van der Waals surface area contributed by atoms with Crippen LogP contribution in [0.1, 0.15) is 36.8 Å². The Balaban J connectivity index is 1.51. The molecule has 1 N–H and O–H groups in total. The third kappa shape index (κ3) is 4.23. The predicted octanol–water partition coefficient (Wildman–Crippen LogP) is 4.81. The van der Waals surface area contributed by atoms with E-state index < -0.39 is 0 Å². The minimum absolute atomic E-state index is 0.171. The molecule has 1 saturated heterocycles. The maximum absolute atomic E-state index is 12.9. The van der Waals surface area contributed by atoms with Gasteiger partial charge in [-0.15, -0.1) is 0 Å². The second-order valence-corrected chi connectivity index (χ2v) is 7.19. The van der Waals surface area contributed by atoms with E-state index in [0.29, 0.717) is 23.9 Å². The molecule has 2 aromatic carbocycles. The summed E-state index contributed by atoms with van der Waals surface area (Å²) >= 11 is 0. The van der Waals surface area contributed by atoms with Crippen molar-refractivity contribution in [2.24, 2.45) is 0 Å². The second kappa shape index (κ2) is 8.34. The molecule has 1 atom stereocenters. The van der Waals surface area contributed by atoms with Gasteiger partial charge in [-0.3, -0.25) is 0 Å². The van der Waals surface area contributed by atoms with Gasteiger partial charge in [0.1, 0.15) is 11.8 Å². The number of anilines is 1. The van der Waals surface area contributed by atoms with Crippen LogP contribution in [0.2, 0.25) is 0 Å². The standard InChI is InChI=1S/C22H24N4O3/c1-15-6-8-16(9-7-15)20-24-21(29-25-20)19-5-3-4-14-26(19)22(27)23-17-10-12-18(28-2)13-11-17/h6-13,19H,3-5,14H2,1-2H3,(H,23,27)/t19-/m0/s1. The number of nitrogens with zero attached hydrogens (tertiary/aromatic N) is 3. The molecule has 0 saturated carbocycles. The minimum Gasteiger partial charge on any atom is -0.497 e. The van der Waals surface area contributed by atoms with Crippen molar-refractivity contribution in [2.75, 3.05) is 19.0 Å². The van der Waals surface area contributed by atoms with Crippen LogP contribution in [0.5, 0.6) is 5.75 Å². The van der Waals surface area contributed by atoms with Crippen molar-refractivity contribution in [3.8, 4) is 17.1 Å². The molecule has 0 spiro atoms. The third-order valence-corrected chi connectivity index (χ3v) is 5.14. The number of urea groups is 1. The van der Waals surface area contributed by atoms with Crippen molar-refractivity contribution in [1.29, 1.82) is 0 Å². The smallest absolute Gasteiger partial charge is 0.322 e. The number of carbonyl (C=O) groups is 1. The largest absolute Gasteiger partial charge is 0.497 e. The number of piperidine rings is 1. The van der Waals surface area contributed by atoms with Gasteiger partial charge in [0.15, 0.2) is 0 Å². The van der Waals surface area contributed by atoms with E-state index in [1.165, 1.54) is 5.56 Å². The number of methoxy groups -OCH3 is 1. The number of hydrogen-bond donors (Lipinski definition) is 1. The lowest BCUT2D eigenvalue weighted by Gasteiger charge is -2.33. The van der Waals surface area contributed by atoms with Crippen LogP contribution < -0.4 is 10.1 Å². The number of nitrogens with one attached hydrogen (secondary N) is 1. The molecule has 150 valence electrons. The van der Waals surface area contributed by atoms with E-state index >= 15 is 0 Å². The molecule has 4 rings (SSSR count). The summed E-state index contributed by atoms with van der Waals surface area (Å²) in [6.07, 6.45) is 2.76. The van der Waals surface area contributed by atoms with Crippen molar-refractivity contribution in [2.45, 2.75) is 32.2 Å². The number of likely N-dealkylation sites (tertiary alicyclic amines) is 1. The zero-order valence-electron chi connectivity index (χ0n) is 16.6. The highest BCUT2D eigenvalue weighted by Crippen LogP contribution is 2.32. The molecule has 0 radical (unpaired) electrons. The summed E-state index contributed by atoms with van der Waals surface area (Å²) in [6.45, 7) is 2.68. The first kappa shape index (κ1) is 19.0. The number of amides is 2. The molecule has 29 heavy (non-hydrogen) atoms. The van der Waals surface area contributed by atoms with E-state index in [9.17, 15) is 4.79 Å². The Morgan fingerprint density at radius 2 is 1.90 bits per heavy atom. The van der Waals surface area contributed by atoms with Gasteiger partial charge in [-0.05, 0) is 50.5 Å². The number of hydrogen-bond acceptors (Lipinski definition) is 5. The van der Waals surface area contributed by atoms with Gasteiger partial charge >= 0.3 is 6.03 Å². The Bertz CT molecular complexity index is 966. The maximum atomic E-state index is 12.9. The van der Waals surface area contributed by atoms with Crippen LogP contribution in [-0.4, -0.2) is 34.7 Å². The van der Waals surface area contributed by atoms with E-state index in [0.717, 1.165) is 30.6 Å². The maximum Gasteiger partial charge on any atom is 0.322 e. The lowest BCUT2D eigenvalue weighted by atomic mass is 10.0. The summed E-state index contributed by atoms with van der Waals surface area (Å²) in [4.78, 5) is 19.3. The molecule has 1 aromatic heterocycles. The van der Waals surface area contributed by atoms with Gasteiger partial charge in [0, 0.05) is 17.8 Å². The fourth-order valence-electron chi connectivity index (χ4n) is 3.49. The van der Waals surface area contributed by atoms with E-state index in [-0.39, 0.29) is 12.1 Å². The molecule has 1 aliphatic rings. The molecular formula is C22H24N4O3. The van der Waals surface area contributed by atoms with Gasteiger partial charge in [-0.2, -0.15) is 4.98 Å². The van der Waals surface area contributed by atoms with Crippen LogP contribution in [0.4, 0.5) is 10.5 Å². The SMILES string of the molecule is COc1ccc(NC(=O)N2CCCC[C@H]2c2nc(-c3ccc(C)cc3)no2)cc1. The number of rotatable bonds is 4. The topological polar surface area (TPSA) is 80.5 Å². The lowest BCUT2D eigenvalue weighted by molar-refractivity contribution is 0.142. The second-order valence-electron chi connectivity index (χ2n) is 7.19. The fourth-order valence-corrected chi connectivity index (χ4v) is 3.49. The van der Waals surface area contributed by atoms with Crippen LogP contribution in [-0.2, 0) is 0 Å². The highest BCUT2D eigenvalue weighted by Gasteiger charge is 2.32. The monoisotopic (exact) mass is 392 g/mol. The number of ether oxygens (including phenoxy) is 1. The third-order valence-electron chi connectivity index (χ3n) is 5.14. The van der Waals surface area contributed by atoms with E-state index in [4.69, 9.17) is 9.26 Å². The highest BCUT2D eigenvalue weighted by atomic mass is 16.5. The molecular weight excluding hydrogens is 368 g/mol. The normalized spacial score (nSPS) is 16.5. The quantitative estimate of drug-likeness (QED) is 0.689. The van der Waals surface area contributed by atoms with Crippen LogP contribution in [0.25, 0.3) is 11.4 Å². The predicted molar refractivity (Wildman–Crippen MR) is 110 cm³/mol. The zero-order valence-corrected chi connectivity index (χ0v) is 16.6. The van der Waals surface area contributed by atoms with Crippen LogP contribution in [0.15, 0.2) is 53.1 Å². The van der Waals surface area contributed by atoms with Gasteiger partial charge in [0.2, 0.25) is 11.7 Å². The van der Waals surface area contributed by atoms with Gasteiger partial charge in [0.05, 0.1) is 7.11 Å². The Hall–Kier alpha value is -3.35. The molecule has 3 aromatic rings. The van der Waals surface area contributed by atoms with Gasteiger partial charge in [0.25, 0.3) is 0 Å². The number of aryl methyl sites for hydroxylation is 1. The number of carbonyl (C=O) groups excluding carboxylic acids is 1. The lowest BCUT2D eigenvalue weighted by Crippen LogP contribution is -2.41. The molecule has 1 aliphatic heterocycles. The summed E-state index contributed by atoms with van der Waals surface area (Å²) in [6, 6.07) is 14.8. The molecule has 7 heteroatoms. The summed E-state index contributed by atoms with van der Waals surface area (Å²) in [5.41, 5.74) is 2.78. The summed E-state index contributed by atoms with van der Waals surface area (Å²) in [7, 11) is 1.61. The first-order valence-electron chi connectivity index (χ1n) is 9.76. The Labute approximate surface area is 169 Å². The average molecular weight is 392 g/mol. The first-order valence-corrected chi connectivity index (χ1v) is 9.76. The summed E-state index contributed by atoms with van der Waals surface area (Å²) in [5.74, 6) is 1.76. The Morgan fingerprint density at radius 3 is 2.62 bits per heavy atom. The number of benzene rings is 2. The highest BCUT2D eigenvalue weighted by molar-refractivity contribution is 5.89. The van der Waals surface area contributed by atoms with E-state index in [1.807, 2.05) is 55.5 Å². The fraction of sp³-hybridized carbons (Fsp3) is 0.318. The molecule has 1 fully saturated rings. The molecule has 7 nitrogen and oxygen atoms in total. The molecule has 0 bridgehead atoms. The summed E-state index contributed by atoms with van der Waals surface area (Å²) < 4.78 is 10.7. The minimum atomic E-state index is -0.228. The van der Waals surface area contributed by atoms with E-state index in [2.05, 4.69) is 15.5 Å². The molecule has 2 amide bonds. The van der Waals surface area contributed by atoms with Crippen molar-refractivity contribution in [3.05, 3.63) is 60.0 Å². The Kier molecular flexibility index (Phi) is 5.46. The van der Waals surface area contributed by atoms with Crippen molar-refractivity contribution >= 4 is 11.7 Å². The Morgan fingerprint density at radius 1 is 1.14 bits per heavy atom. The summed E-state index contributed by atoms with van der Waals surface area (Å²) in [5, 5.41) is 7.08. The average Bonchev–Trinajstić information content (AvgIpc) is 3.25. The molecule has 0 unspecified atom stereocenters. The van der Waals surface area contributed by atoms with Gasteiger partial charge in [-0.25, -0.2) is 4.79 Å². The molecule has 2 heterocycles. The van der Waals surface area contributed by atoms with Gasteiger partial charge in [-0.1, -0.05) is 35.0 Å². The zero-order chi connectivity index (χ0) is 20.2. The number of aromatic nitrogens is 2. The van der Waals surface area contributed by atoms with E-state index in [1.54, 1.807) is 12.0 Å². The van der Waals surface area contributed by atoms with Crippen LogP contribution in [0.3, 0.4) is 0 Å². The van der Waals surface area contributed by atoms with Crippen molar-refractivity contribution < 1.29 is 14.1 Å². The van der Waals surface area contributed by atoms with Crippen LogP contribution >= 0.6 is 0 Å². The van der Waals surface area contributed by atoms with Crippen LogP contribution in [0, 0.1) is 6.92 Å². The van der Waals surface area contributed by atoms with Crippen molar-refractivity contribution in [1.82, 2.24) is 15.0 Å². The first-order chi connectivity index (χ1) is 14.1. The molecule has 0 aliphatic carbocycles. The van der Waals surface area contributed by atoms with Gasteiger partial charge < -0.3 is 19.5 Å². The van der Waals surface area contributed by atoms with Crippen molar-refractivity contribution in [3.63, 3.8) is 0 Å².